The van der Waals surface area contributed by atoms with Crippen LogP contribution in [-0.2, 0) is 6.42 Å². The van der Waals surface area contributed by atoms with Crippen LogP contribution in [0.5, 0.6) is 0 Å². The van der Waals surface area contributed by atoms with Crippen LogP contribution in [0.15, 0.2) is 28.8 Å². The summed E-state index contributed by atoms with van der Waals surface area (Å²) >= 11 is 0. The maximum atomic E-state index is 12.0. The number of amides is 1. The molecule has 2 rings (SSSR count). The molecule has 0 radical (unpaired) electrons. The molecule has 0 unspecified atom stereocenters. The van der Waals surface area contributed by atoms with Gasteiger partial charge < -0.3 is 10.3 Å². The van der Waals surface area contributed by atoms with Gasteiger partial charge in [-0.15, -0.1) is 0 Å². The number of carbonyl (C=O) groups excluding carboxylic acids is 1. The molecule has 0 atom stereocenters. The molecule has 0 fully saturated rings. The van der Waals surface area contributed by atoms with E-state index in [1.807, 2.05) is 12.1 Å². The van der Waals surface area contributed by atoms with Crippen LogP contribution < -0.4 is 11.1 Å². The van der Waals surface area contributed by atoms with E-state index in [0.29, 0.717) is 24.4 Å². The topological polar surface area (TPSA) is 94.0 Å². The molecule has 1 amide bonds. The van der Waals surface area contributed by atoms with Crippen LogP contribution in [0, 0.1) is 6.92 Å². The molecule has 0 aliphatic carbocycles. The van der Waals surface area contributed by atoms with Crippen LogP contribution in [0.3, 0.4) is 0 Å². The van der Waals surface area contributed by atoms with Gasteiger partial charge in [0.05, 0.1) is 0 Å². The molecular weight excluding hydrogens is 232 g/mol. The number of nitrogens with one attached hydrogen (secondary N) is 1. The minimum atomic E-state index is -0.275. The lowest BCUT2D eigenvalue weighted by Gasteiger charge is -2.06. The van der Waals surface area contributed by atoms with Crippen molar-refractivity contribution in [2.45, 2.75) is 13.3 Å². The van der Waals surface area contributed by atoms with Crippen LogP contribution >= 0.6 is 0 Å². The number of aryl methyl sites for hydroxylation is 1. The Labute approximate surface area is 104 Å². The molecule has 0 saturated heterocycles. The fraction of sp³-hybridized carbons (Fsp3) is 0.250. The Morgan fingerprint density at radius 3 is 2.89 bits per heavy atom. The zero-order valence-electron chi connectivity index (χ0n) is 10.0. The quantitative estimate of drug-likeness (QED) is 0.843. The molecule has 0 saturated carbocycles. The summed E-state index contributed by atoms with van der Waals surface area (Å²) in [6.07, 6.45) is 0.645. The van der Waals surface area contributed by atoms with E-state index in [9.17, 15) is 4.79 Å². The van der Waals surface area contributed by atoms with E-state index in [4.69, 9.17) is 10.3 Å². The summed E-state index contributed by atoms with van der Waals surface area (Å²) in [5, 5.41) is 6.16. The number of anilines is 1. The average molecular weight is 246 g/mol. The molecule has 1 aromatic heterocycles. The van der Waals surface area contributed by atoms with Crippen LogP contribution in [-0.4, -0.2) is 22.6 Å². The summed E-state index contributed by atoms with van der Waals surface area (Å²) in [4.78, 5) is 16.0. The minimum Gasteiger partial charge on any atom is -0.330 e. The first-order valence-corrected chi connectivity index (χ1v) is 5.60. The van der Waals surface area contributed by atoms with Crippen LogP contribution in [0.1, 0.15) is 21.7 Å². The largest absolute Gasteiger partial charge is 0.330 e. The summed E-state index contributed by atoms with van der Waals surface area (Å²) < 4.78 is 4.84. The number of carbonyl (C=O) groups is 1. The number of rotatable bonds is 4. The lowest BCUT2D eigenvalue weighted by molar-refractivity contribution is 0.102. The molecule has 1 heterocycles. The number of nitrogens with zero attached hydrogens (tertiary/aromatic N) is 2. The Morgan fingerprint density at radius 2 is 2.22 bits per heavy atom. The van der Waals surface area contributed by atoms with E-state index < -0.39 is 0 Å². The molecule has 6 heteroatoms. The first kappa shape index (κ1) is 12.3. The predicted molar refractivity (Wildman–Crippen MR) is 66.2 cm³/mol. The third kappa shape index (κ3) is 2.72. The minimum absolute atomic E-state index is 0.0973. The third-order valence-corrected chi connectivity index (χ3v) is 2.42. The Balaban J connectivity index is 2.18. The first-order valence-electron chi connectivity index (χ1n) is 5.60. The molecule has 18 heavy (non-hydrogen) atoms. The van der Waals surface area contributed by atoms with Gasteiger partial charge in [0.2, 0.25) is 0 Å². The van der Waals surface area contributed by atoms with Gasteiger partial charge >= 0.3 is 6.01 Å². The van der Waals surface area contributed by atoms with E-state index in [0.717, 1.165) is 5.56 Å². The number of hydrogen-bond donors (Lipinski definition) is 2. The highest BCUT2D eigenvalue weighted by molar-refractivity contribution is 6.04. The highest BCUT2D eigenvalue weighted by Gasteiger charge is 2.13. The second kappa shape index (κ2) is 5.42. The van der Waals surface area contributed by atoms with Gasteiger partial charge in [-0.2, -0.15) is 4.98 Å². The van der Waals surface area contributed by atoms with Crippen molar-refractivity contribution in [3.63, 3.8) is 0 Å². The van der Waals surface area contributed by atoms with Gasteiger partial charge in [0, 0.05) is 5.56 Å². The summed E-state index contributed by atoms with van der Waals surface area (Å²) in [7, 11) is 0. The highest BCUT2D eigenvalue weighted by atomic mass is 16.5. The molecule has 0 aliphatic rings. The van der Waals surface area contributed by atoms with E-state index in [-0.39, 0.29) is 11.9 Å². The Hall–Kier alpha value is -2.21. The van der Waals surface area contributed by atoms with Crippen LogP contribution in [0.4, 0.5) is 6.01 Å². The molecule has 94 valence electrons. The van der Waals surface area contributed by atoms with Crippen LogP contribution in [0.25, 0.3) is 0 Å². The van der Waals surface area contributed by atoms with Gasteiger partial charge in [0.25, 0.3) is 5.91 Å². The molecule has 0 bridgehead atoms. The molecule has 0 spiro atoms. The number of benzene rings is 1. The van der Waals surface area contributed by atoms with Crippen molar-refractivity contribution < 1.29 is 9.32 Å². The van der Waals surface area contributed by atoms with Crippen molar-refractivity contribution in [1.29, 1.82) is 0 Å². The Bertz CT molecular complexity index is 551. The molecule has 0 aliphatic heterocycles. The summed E-state index contributed by atoms with van der Waals surface area (Å²) in [5.74, 6) is 0.197. The standard InChI is InChI=1S/C12H14N4O2/c1-8-14-12(18-16-8)15-11(17)10-5-3-2-4-9(10)6-7-13/h2-5H,6-7,13H2,1H3,(H,14,15,16,17). The summed E-state index contributed by atoms with van der Waals surface area (Å²) in [6.45, 7) is 2.17. The molecule has 3 N–H and O–H groups in total. The van der Waals surface area contributed by atoms with E-state index in [2.05, 4.69) is 15.5 Å². The van der Waals surface area contributed by atoms with E-state index in [1.54, 1.807) is 19.1 Å². The van der Waals surface area contributed by atoms with Crippen molar-refractivity contribution in [2.24, 2.45) is 5.73 Å². The van der Waals surface area contributed by atoms with Crippen molar-refractivity contribution in [3.05, 3.63) is 41.2 Å². The average Bonchev–Trinajstić information content (AvgIpc) is 2.76. The van der Waals surface area contributed by atoms with Gasteiger partial charge in [-0.05, 0) is 31.5 Å². The number of aromatic nitrogens is 2. The monoisotopic (exact) mass is 246 g/mol. The van der Waals surface area contributed by atoms with Crippen molar-refractivity contribution >= 4 is 11.9 Å². The second-order valence-corrected chi connectivity index (χ2v) is 3.80. The van der Waals surface area contributed by atoms with E-state index in [1.165, 1.54) is 0 Å². The zero-order valence-corrected chi connectivity index (χ0v) is 10.0. The highest BCUT2D eigenvalue weighted by Crippen LogP contribution is 2.12. The van der Waals surface area contributed by atoms with Gasteiger partial charge in [-0.3, -0.25) is 10.1 Å². The maximum Gasteiger partial charge on any atom is 0.328 e. The Kier molecular flexibility index (Phi) is 3.69. The first-order chi connectivity index (χ1) is 8.70. The van der Waals surface area contributed by atoms with Crippen molar-refractivity contribution in [1.82, 2.24) is 10.1 Å². The van der Waals surface area contributed by atoms with Gasteiger partial charge in [0.15, 0.2) is 5.82 Å². The SMILES string of the molecule is Cc1noc(NC(=O)c2ccccc2CCN)n1. The molecule has 6 nitrogen and oxygen atoms in total. The number of hydrogen-bond acceptors (Lipinski definition) is 5. The molecule has 1 aromatic carbocycles. The van der Waals surface area contributed by atoms with Gasteiger partial charge in [-0.1, -0.05) is 23.4 Å². The lowest BCUT2D eigenvalue weighted by atomic mass is 10.0. The molecule has 2 aromatic rings. The third-order valence-electron chi connectivity index (χ3n) is 2.42. The Morgan fingerprint density at radius 1 is 1.44 bits per heavy atom. The van der Waals surface area contributed by atoms with E-state index >= 15 is 0 Å². The lowest BCUT2D eigenvalue weighted by Crippen LogP contribution is -2.16. The normalized spacial score (nSPS) is 10.3. The maximum absolute atomic E-state index is 12.0. The van der Waals surface area contributed by atoms with Gasteiger partial charge in [0.1, 0.15) is 0 Å². The van der Waals surface area contributed by atoms with Crippen molar-refractivity contribution in [3.8, 4) is 0 Å². The smallest absolute Gasteiger partial charge is 0.328 e. The fourth-order valence-electron chi connectivity index (χ4n) is 1.63. The van der Waals surface area contributed by atoms with Crippen LogP contribution in [0.2, 0.25) is 0 Å². The summed E-state index contributed by atoms with van der Waals surface area (Å²) in [5.41, 5.74) is 6.98. The summed E-state index contributed by atoms with van der Waals surface area (Å²) in [6, 6.07) is 7.39. The second-order valence-electron chi connectivity index (χ2n) is 3.80. The predicted octanol–water partition coefficient (Wildman–Crippen LogP) is 1.13. The fourth-order valence-corrected chi connectivity index (χ4v) is 1.63. The molecular formula is C12H14N4O2. The number of nitrogens with two attached hydrogens (primary N) is 1. The zero-order chi connectivity index (χ0) is 13.0. The van der Waals surface area contributed by atoms with Gasteiger partial charge in [-0.25, -0.2) is 0 Å². The van der Waals surface area contributed by atoms with Crippen molar-refractivity contribution in [2.75, 3.05) is 11.9 Å².